The minimum Gasteiger partial charge on any atom is -0.354 e. The van der Waals surface area contributed by atoms with Gasteiger partial charge < -0.3 is 10.6 Å². The van der Waals surface area contributed by atoms with Crippen molar-refractivity contribution in [2.45, 2.75) is 25.8 Å². The molecule has 2 N–H and O–H groups in total. The zero-order valence-corrected chi connectivity index (χ0v) is 12.3. The third-order valence-corrected chi connectivity index (χ3v) is 3.96. The highest BCUT2D eigenvalue weighted by molar-refractivity contribution is 7.09. The lowest BCUT2D eigenvalue weighted by atomic mass is 10.1. The van der Waals surface area contributed by atoms with Gasteiger partial charge in [-0.05, 0) is 31.7 Å². The van der Waals surface area contributed by atoms with Gasteiger partial charge in [-0.15, -0.1) is 11.3 Å². The Morgan fingerprint density at radius 1 is 1.45 bits per heavy atom. The van der Waals surface area contributed by atoms with E-state index in [9.17, 15) is 14.4 Å². The van der Waals surface area contributed by atoms with Crippen LogP contribution in [0.4, 0.5) is 4.79 Å². The number of nitrogens with zero attached hydrogens (tertiary/aromatic N) is 1. The van der Waals surface area contributed by atoms with E-state index in [-0.39, 0.29) is 18.4 Å². The number of nitrogens with one attached hydrogen (secondary N) is 2. The molecule has 2 heterocycles. The van der Waals surface area contributed by atoms with Gasteiger partial charge in [-0.2, -0.15) is 0 Å². The van der Waals surface area contributed by atoms with Crippen molar-refractivity contribution in [1.82, 2.24) is 15.5 Å². The molecular weight excluding hydrogens is 278 g/mol. The monoisotopic (exact) mass is 295 g/mol. The van der Waals surface area contributed by atoms with E-state index in [1.54, 1.807) is 25.2 Å². The molecule has 0 saturated carbocycles. The molecule has 0 radical (unpaired) electrons. The Morgan fingerprint density at radius 2 is 2.20 bits per heavy atom. The van der Waals surface area contributed by atoms with Gasteiger partial charge in [-0.25, -0.2) is 4.79 Å². The molecule has 0 aliphatic carbocycles. The standard InChI is InChI=1S/C13H17N3O3S/c1-13(2)11(18)16(12(19)15-13)8-10(17)14-6-5-9-4-3-7-20-9/h3-4,7H,5-6,8H2,1-2H3,(H,14,17)(H,15,19). The Morgan fingerprint density at radius 3 is 2.75 bits per heavy atom. The summed E-state index contributed by atoms with van der Waals surface area (Å²) in [6, 6.07) is 3.43. The van der Waals surface area contributed by atoms with Crippen LogP contribution < -0.4 is 10.6 Å². The first-order chi connectivity index (χ1) is 9.40. The number of hydrogen-bond acceptors (Lipinski definition) is 4. The minimum atomic E-state index is -0.936. The number of rotatable bonds is 5. The van der Waals surface area contributed by atoms with Gasteiger partial charge in [0.15, 0.2) is 0 Å². The molecule has 108 valence electrons. The van der Waals surface area contributed by atoms with E-state index in [2.05, 4.69) is 10.6 Å². The molecule has 1 aromatic heterocycles. The highest BCUT2D eigenvalue weighted by Crippen LogP contribution is 2.15. The van der Waals surface area contributed by atoms with Gasteiger partial charge in [0.25, 0.3) is 5.91 Å². The summed E-state index contributed by atoms with van der Waals surface area (Å²) < 4.78 is 0. The first-order valence-corrected chi connectivity index (χ1v) is 7.21. The smallest absolute Gasteiger partial charge is 0.325 e. The van der Waals surface area contributed by atoms with Gasteiger partial charge in [-0.1, -0.05) is 6.07 Å². The number of amides is 4. The summed E-state index contributed by atoms with van der Waals surface area (Å²) in [5.41, 5.74) is -0.936. The fourth-order valence-electron chi connectivity index (χ4n) is 1.94. The van der Waals surface area contributed by atoms with Crippen molar-refractivity contribution in [3.8, 4) is 0 Å². The van der Waals surface area contributed by atoms with Gasteiger partial charge in [0, 0.05) is 11.4 Å². The maximum absolute atomic E-state index is 11.9. The fourth-order valence-corrected chi connectivity index (χ4v) is 2.65. The van der Waals surface area contributed by atoms with E-state index < -0.39 is 11.6 Å². The Kier molecular flexibility index (Phi) is 4.08. The second kappa shape index (κ2) is 5.62. The van der Waals surface area contributed by atoms with E-state index in [0.29, 0.717) is 6.54 Å². The maximum atomic E-state index is 11.9. The van der Waals surface area contributed by atoms with Crippen molar-refractivity contribution >= 4 is 29.2 Å². The van der Waals surface area contributed by atoms with Crippen LogP contribution in [0.25, 0.3) is 0 Å². The van der Waals surface area contributed by atoms with Crippen LogP contribution in [0.2, 0.25) is 0 Å². The van der Waals surface area contributed by atoms with Crippen molar-refractivity contribution in [3.63, 3.8) is 0 Å². The lowest BCUT2D eigenvalue weighted by molar-refractivity contribution is -0.134. The van der Waals surface area contributed by atoms with E-state index in [0.717, 1.165) is 11.3 Å². The van der Waals surface area contributed by atoms with Gasteiger partial charge in [-0.3, -0.25) is 14.5 Å². The molecule has 6 nitrogen and oxygen atoms in total. The zero-order valence-electron chi connectivity index (χ0n) is 11.4. The SMILES string of the molecule is CC1(C)NC(=O)N(CC(=O)NCCc2cccs2)C1=O. The van der Waals surface area contributed by atoms with Crippen LogP contribution in [0.15, 0.2) is 17.5 Å². The highest BCUT2D eigenvalue weighted by atomic mass is 32.1. The Hall–Kier alpha value is -1.89. The topological polar surface area (TPSA) is 78.5 Å². The third-order valence-electron chi connectivity index (χ3n) is 3.02. The first kappa shape index (κ1) is 14.5. The molecule has 1 aromatic rings. The van der Waals surface area contributed by atoms with Gasteiger partial charge in [0.05, 0.1) is 0 Å². The Labute approximate surface area is 121 Å². The molecule has 0 bridgehead atoms. The molecule has 20 heavy (non-hydrogen) atoms. The van der Waals surface area contributed by atoms with Crippen molar-refractivity contribution in [2.75, 3.05) is 13.1 Å². The lowest BCUT2D eigenvalue weighted by Gasteiger charge is -2.15. The van der Waals surface area contributed by atoms with Crippen LogP contribution >= 0.6 is 11.3 Å². The molecule has 0 spiro atoms. The molecule has 1 saturated heterocycles. The average molecular weight is 295 g/mol. The molecule has 0 aromatic carbocycles. The van der Waals surface area contributed by atoms with Crippen LogP contribution in [0.5, 0.6) is 0 Å². The molecule has 0 atom stereocenters. The van der Waals surface area contributed by atoms with Gasteiger partial charge >= 0.3 is 6.03 Å². The summed E-state index contributed by atoms with van der Waals surface area (Å²) in [5, 5.41) is 7.22. The number of carbonyl (C=O) groups is 3. The zero-order chi connectivity index (χ0) is 14.8. The molecule has 1 aliphatic heterocycles. The molecule has 4 amide bonds. The Balaban J connectivity index is 1.80. The average Bonchev–Trinajstić information content (AvgIpc) is 2.93. The van der Waals surface area contributed by atoms with Crippen LogP contribution in [0.1, 0.15) is 18.7 Å². The third kappa shape index (κ3) is 3.16. The normalized spacial score (nSPS) is 17.2. The molecular formula is C13H17N3O3S. The minimum absolute atomic E-state index is 0.238. The van der Waals surface area contributed by atoms with Gasteiger partial charge in [0.2, 0.25) is 5.91 Å². The van der Waals surface area contributed by atoms with E-state index in [4.69, 9.17) is 0 Å². The van der Waals surface area contributed by atoms with Crippen molar-refractivity contribution < 1.29 is 14.4 Å². The fraction of sp³-hybridized carbons (Fsp3) is 0.462. The Bertz CT molecular complexity index is 525. The lowest BCUT2D eigenvalue weighted by Crippen LogP contribution is -2.43. The molecule has 1 fully saturated rings. The predicted octanol–water partition coefficient (Wildman–Crippen LogP) is 0.737. The summed E-state index contributed by atoms with van der Waals surface area (Å²) in [6.45, 7) is 3.48. The summed E-state index contributed by atoms with van der Waals surface area (Å²) in [5.74, 6) is -0.710. The highest BCUT2D eigenvalue weighted by Gasteiger charge is 2.44. The van der Waals surface area contributed by atoms with Crippen molar-refractivity contribution in [2.24, 2.45) is 0 Å². The largest absolute Gasteiger partial charge is 0.354 e. The van der Waals surface area contributed by atoms with E-state index in [1.165, 1.54) is 4.88 Å². The molecule has 1 aliphatic rings. The summed E-state index contributed by atoms with van der Waals surface area (Å²) in [6.07, 6.45) is 0.745. The van der Waals surface area contributed by atoms with E-state index in [1.807, 2.05) is 17.5 Å². The summed E-state index contributed by atoms with van der Waals surface area (Å²) >= 11 is 1.63. The molecule has 0 unspecified atom stereocenters. The van der Waals surface area contributed by atoms with Crippen molar-refractivity contribution in [3.05, 3.63) is 22.4 Å². The number of urea groups is 1. The molecule has 2 rings (SSSR count). The van der Waals surface area contributed by atoms with Crippen LogP contribution in [-0.4, -0.2) is 41.4 Å². The number of thiophene rings is 1. The number of carbonyl (C=O) groups excluding carboxylic acids is 3. The number of imide groups is 1. The van der Waals surface area contributed by atoms with Crippen LogP contribution in [0, 0.1) is 0 Å². The van der Waals surface area contributed by atoms with Crippen LogP contribution in [0.3, 0.4) is 0 Å². The second-order valence-electron chi connectivity index (χ2n) is 5.13. The van der Waals surface area contributed by atoms with E-state index >= 15 is 0 Å². The van der Waals surface area contributed by atoms with Gasteiger partial charge in [0.1, 0.15) is 12.1 Å². The quantitative estimate of drug-likeness (QED) is 0.786. The summed E-state index contributed by atoms with van der Waals surface area (Å²) in [7, 11) is 0. The molecule has 7 heteroatoms. The predicted molar refractivity (Wildman–Crippen MR) is 75.4 cm³/mol. The summed E-state index contributed by atoms with van der Waals surface area (Å²) in [4.78, 5) is 37.4. The van der Waals surface area contributed by atoms with Crippen LogP contribution in [-0.2, 0) is 16.0 Å². The second-order valence-corrected chi connectivity index (χ2v) is 6.16. The van der Waals surface area contributed by atoms with Crippen molar-refractivity contribution in [1.29, 1.82) is 0 Å². The number of hydrogen-bond donors (Lipinski definition) is 2. The maximum Gasteiger partial charge on any atom is 0.325 e. The first-order valence-electron chi connectivity index (χ1n) is 6.33.